The lowest BCUT2D eigenvalue weighted by atomic mass is 10.3. The average molecular weight is 252 g/mol. The minimum Gasteiger partial charge on any atom is -0.336 e. The molecule has 0 unspecified atom stereocenters. The second-order valence-electron chi connectivity index (χ2n) is 4.60. The third-order valence-electron chi connectivity index (χ3n) is 3.12. The molecule has 0 aromatic carbocycles. The topological polar surface area (TPSA) is 80.3 Å². The van der Waals surface area contributed by atoms with E-state index < -0.39 is 0 Å². The van der Waals surface area contributed by atoms with Gasteiger partial charge >= 0.3 is 0 Å². The largest absolute Gasteiger partial charge is 0.336 e. The Balaban J connectivity index is 2.00. The molecule has 2 heterocycles. The lowest BCUT2D eigenvalue weighted by molar-refractivity contribution is 0.0757. The first kappa shape index (κ1) is 13.0. The van der Waals surface area contributed by atoms with Crippen molar-refractivity contribution in [2.45, 2.75) is 13.0 Å². The lowest BCUT2D eigenvalue weighted by Gasteiger charge is -2.18. The molecule has 18 heavy (non-hydrogen) atoms. The van der Waals surface area contributed by atoms with E-state index in [1.165, 1.54) is 0 Å². The highest BCUT2D eigenvalue weighted by atomic mass is 16.2. The van der Waals surface area contributed by atoms with Gasteiger partial charge in [-0.2, -0.15) is 0 Å². The monoisotopic (exact) mass is 252 g/mol. The van der Waals surface area contributed by atoms with E-state index in [2.05, 4.69) is 22.3 Å². The Hall–Kier alpha value is -1.47. The Morgan fingerprint density at radius 1 is 1.39 bits per heavy atom. The number of amides is 1. The van der Waals surface area contributed by atoms with Gasteiger partial charge in [0.25, 0.3) is 5.91 Å². The molecule has 0 atom stereocenters. The molecule has 1 aromatic rings. The second-order valence-corrected chi connectivity index (χ2v) is 4.60. The fourth-order valence-electron chi connectivity index (χ4n) is 2.05. The SMILES string of the molecule is CN1CCCN(C(=O)c2cn(CCN)nn2)CC1. The van der Waals surface area contributed by atoms with Crippen LogP contribution in [0.25, 0.3) is 0 Å². The molecular weight excluding hydrogens is 232 g/mol. The summed E-state index contributed by atoms with van der Waals surface area (Å²) < 4.78 is 1.61. The van der Waals surface area contributed by atoms with E-state index in [1.54, 1.807) is 10.9 Å². The number of likely N-dealkylation sites (N-methyl/N-ethyl adjacent to an activating group) is 1. The summed E-state index contributed by atoms with van der Waals surface area (Å²) in [4.78, 5) is 16.3. The molecule has 1 saturated heterocycles. The van der Waals surface area contributed by atoms with Gasteiger partial charge in [0.05, 0.1) is 12.7 Å². The fourth-order valence-corrected chi connectivity index (χ4v) is 2.05. The predicted molar refractivity (Wildman–Crippen MR) is 67.1 cm³/mol. The maximum Gasteiger partial charge on any atom is 0.276 e. The number of hydrogen-bond acceptors (Lipinski definition) is 5. The molecule has 1 aliphatic rings. The first-order valence-electron chi connectivity index (χ1n) is 6.28. The Morgan fingerprint density at radius 3 is 3.00 bits per heavy atom. The maximum absolute atomic E-state index is 12.2. The highest BCUT2D eigenvalue weighted by molar-refractivity contribution is 5.91. The van der Waals surface area contributed by atoms with Crippen molar-refractivity contribution in [2.24, 2.45) is 5.73 Å². The zero-order chi connectivity index (χ0) is 13.0. The van der Waals surface area contributed by atoms with Crippen molar-refractivity contribution in [2.75, 3.05) is 39.8 Å². The van der Waals surface area contributed by atoms with Crippen molar-refractivity contribution in [1.29, 1.82) is 0 Å². The van der Waals surface area contributed by atoms with Crippen LogP contribution in [0.1, 0.15) is 16.9 Å². The normalized spacial score (nSPS) is 17.8. The highest BCUT2D eigenvalue weighted by Crippen LogP contribution is 2.06. The van der Waals surface area contributed by atoms with Gasteiger partial charge in [-0.25, -0.2) is 0 Å². The van der Waals surface area contributed by atoms with Gasteiger partial charge in [-0.05, 0) is 20.0 Å². The summed E-state index contributed by atoms with van der Waals surface area (Å²) in [5.41, 5.74) is 5.85. The Bertz CT molecular complexity index is 404. The quantitative estimate of drug-likeness (QED) is 0.747. The zero-order valence-electron chi connectivity index (χ0n) is 10.7. The van der Waals surface area contributed by atoms with Crippen molar-refractivity contribution < 1.29 is 4.79 Å². The minimum atomic E-state index is -0.0337. The Labute approximate surface area is 107 Å². The summed E-state index contributed by atoms with van der Waals surface area (Å²) >= 11 is 0. The van der Waals surface area contributed by atoms with Crippen LogP contribution >= 0.6 is 0 Å². The summed E-state index contributed by atoms with van der Waals surface area (Å²) in [6, 6.07) is 0. The Morgan fingerprint density at radius 2 is 2.22 bits per heavy atom. The molecule has 0 spiro atoms. The van der Waals surface area contributed by atoms with Crippen LogP contribution < -0.4 is 5.73 Å². The molecule has 1 fully saturated rings. The van der Waals surface area contributed by atoms with Gasteiger partial charge in [0.1, 0.15) is 0 Å². The number of rotatable bonds is 3. The van der Waals surface area contributed by atoms with Gasteiger partial charge in [0, 0.05) is 26.2 Å². The van der Waals surface area contributed by atoms with Gasteiger partial charge in [0.2, 0.25) is 0 Å². The first-order chi connectivity index (χ1) is 8.70. The first-order valence-corrected chi connectivity index (χ1v) is 6.28. The number of nitrogens with zero attached hydrogens (tertiary/aromatic N) is 5. The molecule has 1 aromatic heterocycles. The van der Waals surface area contributed by atoms with Crippen LogP contribution in [0, 0.1) is 0 Å². The summed E-state index contributed by atoms with van der Waals surface area (Å²) in [5.74, 6) is -0.0337. The molecule has 1 aliphatic heterocycles. The second kappa shape index (κ2) is 5.92. The molecule has 0 saturated carbocycles. The molecule has 0 radical (unpaired) electrons. The molecule has 0 aliphatic carbocycles. The number of aromatic nitrogens is 3. The Kier molecular flexibility index (Phi) is 4.27. The van der Waals surface area contributed by atoms with Crippen molar-refractivity contribution in [3.05, 3.63) is 11.9 Å². The minimum absolute atomic E-state index is 0.0337. The number of carbonyl (C=O) groups excluding carboxylic acids is 1. The van der Waals surface area contributed by atoms with Crippen molar-refractivity contribution in [1.82, 2.24) is 24.8 Å². The van der Waals surface area contributed by atoms with Crippen molar-refractivity contribution in [3.8, 4) is 0 Å². The molecule has 7 heteroatoms. The van der Waals surface area contributed by atoms with Crippen LogP contribution in [0.3, 0.4) is 0 Å². The summed E-state index contributed by atoms with van der Waals surface area (Å²) in [6.45, 7) is 4.55. The van der Waals surface area contributed by atoms with Gasteiger partial charge < -0.3 is 15.5 Å². The third-order valence-corrected chi connectivity index (χ3v) is 3.12. The molecule has 1 amide bonds. The van der Waals surface area contributed by atoms with E-state index in [0.717, 1.165) is 32.6 Å². The average Bonchev–Trinajstić information content (AvgIpc) is 2.71. The number of hydrogen-bond donors (Lipinski definition) is 1. The summed E-state index contributed by atoms with van der Waals surface area (Å²) in [6.07, 6.45) is 2.67. The molecule has 0 bridgehead atoms. The van der Waals surface area contributed by atoms with Crippen LogP contribution in [0.2, 0.25) is 0 Å². The fraction of sp³-hybridized carbons (Fsp3) is 0.727. The molecule has 100 valence electrons. The summed E-state index contributed by atoms with van der Waals surface area (Å²) in [5, 5.41) is 7.80. The van der Waals surface area contributed by atoms with Crippen molar-refractivity contribution >= 4 is 5.91 Å². The predicted octanol–water partition coefficient (Wildman–Crippen LogP) is -0.985. The molecule has 2 rings (SSSR count). The van der Waals surface area contributed by atoms with Gasteiger partial charge in [-0.3, -0.25) is 9.48 Å². The zero-order valence-corrected chi connectivity index (χ0v) is 10.7. The van der Waals surface area contributed by atoms with E-state index in [-0.39, 0.29) is 5.91 Å². The summed E-state index contributed by atoms with van der Waals surface area (Å²) in [7, 11) is 2.07. The van der Waals surface area contributed by atoms with Crippen LogP contribution in [0.15, 0.2) is 6.20 Å². The molecular formula is C11H20N6O. The van der Waals surface area contributed by atoms with E-state index >= 15 is 0 Å². The third kappa shape index (κ3) is 3.05. The van der Waals surface area contributed by atoms with Gasteiger partial charge in [-0.15, -0.1) is 5.10 Å². The van der Waals surface area contributed by atoms with E-state index in [0.29, 0.717) is 18.8 Å². The number of carbonyl (C=O) groups is 1. The van der Waals surface area contributed by atoms with Crippen LogP contribution in [0.4, 0.5) is 0 Å². The molecule has 2 N–H and O–H groups in total. The standard InChI is InChI=1S/C11H20N6O/c1-15-4-2-5-16(8-7-15)11(18)10-9-17(6-3-12)14-13-10/h9H,2-8,12H2,1H3. The van der Waals surface area contributed by atoms with Crippen LogP contribution in [-0.4, -0.2) is 70.5 Å². The number of nitrogens with two attached hydrogens (primary N) is 1. The van der Waals surface area contributed by atoms with Crippen molar-refractivity contribution in [3.63, 3.8) is 0 Å². The van der Waals surface area contributed by atoms with Gasteiger partial charge in [-0.1, -0.05) is 5.21 Å². The highest BCUT2D eigenvalue weighted by Gasteiger charge is 2.21. The van der Waals surface area contributed by atoms with Gasteiger partial charge in [0.15, 0.2) is 5.69 Å². The van der Waals surface area contributed by atoms with Crippen LogP contribution in [0.5, 0.6) is 0 Å². The smallest absolute Gasteiger partial charge is 0.276 e. The van der Waals surface area contributed by atoms with Crippen LogP contribution in [-0.2, 0) is 6.54 Å². The van der Waals surface area contributed by atoms with E-state index in [9.17, 15) is 4.79 Å². The molecule has 7 nitrogen and oxygen atoms in total. The lowest BCUT2D eigenvalue weighted by Crippen LogP contribution is -2.34. The maximum atomic E-state index is 12.2. The van der Waals surface area contributed by atoms with E-state index in [4.69, 9.17) is 5.73 Å². The van der Waals surface area contributed by atoms with E-state index in [1.807, 2.05) is 4.90 Å².